The zero-order valence-corrected chi connectivity index (χ0v) is 27.5. The lowest BCUT2D eigenvalue weighted by molar-refractivity contribution is -0.160. The quantitative estimate of drug-likeness (QED) is 0.200. The third kappa shape index (κ3) is 5.69. The molecule has 3 aromatic carbocycles. The van der Waals surface area contributed by atoms with Crippen molar-refractivity contribution in [2.75, 3.05) is 6.54 Å². The molecule has 1 aromatic heterocycles. The fourth-order valence-corrected chi connectivity index (χ4v) is 8.62. The van der Waals surface area contributed by atoms with Gasteiger partial charge in [0, 0.05) is 50.7 Å². The maximum Gasteiger partial charge on any atom is 0.325 e. The molecule has 1 saturated carbocycles. The summed E-state index contributed by atoms with van der Waals surface area (Å²) in [4.78, 5) is 20.2. The van der Waals surface area contributed by atoms with Crippen molar-refractivity contribution < 1.29 is 9.53 Å². The Balaban J connectivity index is 1.35. The normalized spacial score (nSPS) is 24.1. The van der Waals surface area contributed by atoms with E-state index in [1.54, 1.807) is 0 Å². The summed E-state index contributed by atoms with van der Waals surface area (Å²) >= 11 is 13.4. The number of hydrogen-bond donors (Lipinski definition) is 2. The fourth-order valence-electron chi connectivity index (χ4n) is 7.91. The van der Waals surface area contributed by atoms with E-state index in [1.165, 1.54) is 16.5 Å². The van der Waals surface area contributed by atoms with Crippen molar-refractivity contribution in [1.29, 1.82) is 0 Å². The van der Waals surface area contributed by atoms with Gasteiger partial charge in [0.05, 0.1) is 6.04 Å². The number of aromatic nitrogens is 1. The van der Waals surface area contributed by atoms with Gasteiger partial charge in [0.1, 0.15) is 12.1 Å². The number of aromatic amines is 1. The topological polar surface area (TPSA) is 71.3 Å². The number of nitrogens with zero attached hydrogens (tertiary/aromatic N) is 1. The zero-order valence-electron chi connectivity index (χ0n) is 26.0. The minimum absolute atomic E-state index is 0.160. The lowest BCUT2D eigenvalue weighted by Gasteiger charge is -2.45. The molecule has 0 unspecified atom stereocenters. The van der Waals surface area contributed by atoms with Crippen molar-refractivity contribution >= 4 is 40.1 Å². The van der Waals surface area contributed by atoms with Crippen LogP contribution in [0.1, 0.15) is 81.4 Å². The van der Waals surface area contributed by atoms with Crippen LogP contribution in [0.15, 0.2) is 72.8 Å². The number of halogens is 2. The molecular weight excluding hydrogens is 589 g/mol. The molecule has 1 fully saturated rings. The van der Waals surface area contributed by atoms with Crippen LogP contribution in [0, 0.1) is 11.8 Å². The monoisotopic (exact) mass is 631 g/mol. The average molecular weight is 633 g/mol. The Bertz CT molecular complexity index is 1610. The van der Waals surface area contributed by atoms with Gasteiger partial charge in [-0.15, -0.1) is 0 Å². The van der Waals surface area contributed by atoms with E-state index in [9.17, 15) is 4.79 Å². The van der Waals surface area contributed by atoms with Crippen LogP contribution in [-0.4, -0.2) is 34.5 Å². The van der Waals surface area contributed by atoms with Gasteiger partial charge in [0.2, 0.25) is 0 Å². The Labute approximate surface area is 271 Å². The molecular formula is C37H43Cl2N3O2. The van der Waals surface area contributed by atoms with E-state index in [2.05, 4.69) is 80.0 Å². The van der Waals surface area contributed by atoms with Crippen molar-refractivity contribution in [2.24, 2.45) is 17.6 Å². The van der Waals surface area contributed by atoms with Crippen molar-refractivity contribution in [3.8, 4) is 0 Å². The summed E-state index contributed by atoms with van der Waals surface area (Å²) < 4.78 is 6.51. The van der Waals surface area contributed by atoms with E-state index in [4.69, 9.17) is 33.7 Å². The van der Waals surface area contributed by atoms with Gasteiger partial charge < -0.3 is 15.5 Å². The molecule has 0 saturated heterocycles. The number of rotatable bonds is 7. The summed E-state index contributed by atoms with van der Waals surface area (Å²) in [6, 6.07) is 22.9. The van der Waals surface area contributed by atoms with Crippen LogP contribution in [-0.2, 0) is 21.4 Å². The minimum Gasteiger partial charge on any atom is -0.461 e. The number of nitrogens with one attached hydrogen (secondary N) is 1. The SMILES string of the molecule is C[C@@H]1CC[C@@H](C(C)(C)c2ccccc2)[C@H](OC(=O)[C@@H](N)[C@H]2c3[nH]c4ccccc4c3CCN2[C@H](C)c2c(Cl)cccc2Cl)C1. The van der Waals surface area contributed by atoms with Crippen LogP contribution in [0.25, 0.3) is 10.9 Å². The highest BCUT2D eigenvalue weighted by Crippen LogP contribution is 2.46. The second-order valence-corrected chi connectivity index (χ2v) is 14.2. The molecule has 0 bridgehead atoms. The molecule has 5 nitrogen and oxygen atoms in total. The Hall–Kier alpha value is -2.83. The fraction of sp³-hybridized carbons (Fsp3) is 0.432. The molecule has 232 valence electrons. The Morgan fingerprint density at radius 1 is 1.00 bits per heavy atom. The summed E-state index contributed by atoms with van der Waals surface area (Å²) in [5, 5.41) is 2.37. The molecule has 3 N–H and O–H groups in total. The first-order valence-electron chi connectivity index (χ1n) is 15.9. The second kappa shape index (κ2) is 12.5. The summed E-state index contributed by atoms with van der Waals surface area (Å²) in [6.45, 7) is 9.60. The number of carbonyl (C=O) groups excluding carboxylic acids is 1. The van der Waals surface area contributed by atoms with Gasteiger partial charge in [-0.05, 0) is 66.8 Å². The van der Waals surface area contributed by atoms with Crippen molar-refractivity contribution in [3.05, 3.63) is 105 Å². The molecule has 44 heavy (non-hydrogen) atoms. The number of carbonyl (C=O) groups is 1. The Kier molecular flexibility index (Phi) is 8.87. The lowest BCUT2D eigenvalue weighted by Crippen LogP contribution is -2.52. The van der Waals surface area contributed by atoms with E-state index in [0.717, 1.165) is 42.5 Å². The molecule has 6 rings (SSSR count). The van der Waals surface area contributed by atoms with Crippen LogP contribution in [0.3, 0.4) is 0 Å². The molecule has 1 aliphatic carbocycles. The van der Waals surface area contributed by atoms with Crippen LogP contribution < -0.4 is 5.73 Å². The number of para-hydroxylation sites is 1. The van der Waals surface area contributed by atoms with E-state index >= 15 is 0 Å². The number of fused-ring (bicyclic) bond motifs is 3. The number of hydrogen-bond acceptors (Lipinski definition) is 4. The number of H-pyrrole nitrogens is 1. The molecule has 0 radical (unpaired) electrons. The minimum atomic E-state index is -0.913. The van der Waals surface area contributed by atoms with E-state index in [1.807, 2.05) is 30.3 Å². The van der Waals surface area contributed by atoms with Gasteiger partial charge in [-0.3, -0.25) is 9.69 Å². The predicted octanol–water partition coefficient (Wildman–Crippen LogP) is 8.79. The molecule has 4 aromatic rings. The first-order valence-corrected chi connectivity index (χ1v) is 16.6. The summed E-state index contributed by atoms with van der Waals surface area (Å²) in [5.74, 6) is 0.293. The number of nitrogens with two attached hydrogens (primary N) is 1. The van der Waals surface area contributed by atoms with Gasteiger partial charge in [0.25, 0.3) is 0 Å². The van der Waals surface area contributed by atoms with Crippen LogP contribution in [0.4, 0.5) is 0 Å². The maximum absolute atomic E-state index is 14.2. The molecule has 2 aliphatic rings. The lowest BCUT2D eigenvalue weighted by atomic mass is 9.64. The highest BCUT2D eigenvalue weighted by Gasteiger charge is 2.45. The molecule has 7 heteroatoms. The van der Waals surface area contributed by atoms with Crippen LogP contribution >= 0.6 is 23.2 Å². The average Bonchev–Trinajstić information content (AvgIpc) is 3.39. The largest absolute Gasteiger partial charge is 0.461 e. The first kappa shape index (κ1) is 31.2. The highest BCUT2D eigenvalue weighted by molar-refractivity contribution is 6.36. The third-order valence-corrected chi connectivity index (χ3v) is 11.1. The smallest absolute Gasteiger partial charge is 0.325 e. The van der Waals surface area contributed by atoms with Gasteiger partial charge in [0.15, 0.2) is 0 Å². The van der Waals surface area contributed by atoms with E-state index in [0.29, 0.717) is 22.5 Å². The Morgan fingerprint density at radius 2 is 1.68 bits per heavy atom. The Morgan fingerprint density at radius 3 is 2.41 bits per heavy atom. The summed E-state index contributed by atoms with van der Waals surface area (Å²) in [7, 11) is 0. The third-order valence-electron chi connectivity index (χ3n) is 10.4. The molecule has 6 atom stereocenters. The summed E-state index contributed by atoms with van der Waals surface area (Å²) in [6.07, 6.45) is 3.54. The molecule has 0 spiro atoms. The molecule has 2 heterocycles. The summed E-state index contributed by atoms with van der Waals surface area (Å²) in [5.41, 5.74) is 12.2. The van der Waals surface area contributed by atoms with Crippen LogP contribution in [0.5, 0.6) is 0 Å². The number of benzene rings is 3. The van der Waals surface area contributed by atoms with Crippen molar-refractivity contribution in [1.82, 2.24) is 9.88 Å². The number of ether oxygens (including phenoxy) is 1. The van der Waals surface area contributed by atoms with Gasteiger partial charge >= 0.3 is 5.97 Å². The zero-order chi connectivity index (χ0) is 31.2. The standard InChI is InChI=1S/C37H43Cl2N3O2/c1-22-17-18-27(37(3,4)24-11-6-5-7-12-24)31(21-22)44-36(43)33(40)35-34-26(25-13-8-9-16-30(25)41-34)19-20-42(35)23(2)32-28(38)14-10-15-29(32)39/h5-16,22-23,27,31,33,35,41H,17-21,40H2,1-4H3/t22-,23-,27-,31-,33+,35+/m1/s1. The van der Waals surface area contributed by atoms with Crippen molar-refractivity contribution in [2.45, 2.75) is 83.0 Å². The number of esters is 1. The van der Waals surface area contributed by atoms with Gasteiger partial charge in [-0.25, -0.2) is 0 Å². The van der Waals surface area contributed by atoms with Crippen molar-refractivity contribution in [3.63, 3.8) is 0 Å². The van der Waals surface area contributed by atoms with Crippen LogP contribution in [0.2, 0.25) is 10.0 Å². The van der Waals surface area contributed by atoms with Gasteiger partial charge in [-0.1, -0.05) is 105 Å². The first-order chi connectivity index (χ1) is 21.1. The van der Waals surface area contributed by atoms with E-state index in [-0.39, 0.29) is 29.4 Å². The maximum atomic E-state index is 14.2. The molecule has 0 amide bonds. The highest BCUT2D eigenvalue weighted by atomic mass is 35.5. The molecule has 1 aliphatic heterocycles. The second-order valence-electron chi connectivity index (χ2n) is 13.4. The van der Waals surface area contributed by atoms with E-state index < -0.39 is 12.1 Å². The van der Waals surface area contributed by atoms with Gasteiger partial charge in [-0.2, -0.15) is 0 Å². The predicted molar refractivity (Wildman–Crippen MR) is 180 cm³/mol.